The lowest BCUT2D eigenvalue weighted by Gasteiger charge is -2.18. The van der Waals surface area contributed by atoms with E-state index in [1.54, 1.807) is 0 Å². The van der Waals surface area contributed by atoms with Gasteiger partial charge in [0.1, 0.15) is 13.2 Å². The molecule has 0 radical (unpaired) electrons. The minimum absolute atomic E-state index is 0.0829. The van der Waals surface area contributed by atoms with Crippen LogP contribution in [-0.4, -0.2) is 37.2 Å². The molecule has 0 saturated carbocycles. The molecule has 0 fully saturated rings. The van der Waals surface area contributed by atoms with Crippen LogP contribution in [0.2, 0.25) is 0 Å². The third-order valence-electron chi connectivity index (χ3n) is 15.2. The molecular weight excluding hydrogens is 1020 g/mol. The Labute approximate surface area is 514 Å². The van der Waals surface area contributed by atoms with Gasteiger partial charge in [-0.05, 0) is 122 Å². The Balaban J connectivity index is 4.26. The second-order valence-electron chi connectivity index (χ2n) is 23.4. The van der Waals surface area contributed by atoms with Crippen LogP contribution in [0, 0.1) is 0 Å². The molecule has 0 rings (SSSR count). The first-order valence-corrected chi connectivity index (χ1v) is 35.4. The van der Waals surface area contributed by atoms with Gasteiger partial charge >= 0.3 is 17.9 Å². The second-order valence-corrected chi connectivity index (χ2v) is 23.4. The summed E-state index contributed by atoms with van der Waals surface area (Å²) >= 11 is 0. The molecule has 0 spiro atoms. The average molecular weight is 1150 g/mol. The number of hydrogen-bond acceptors (Lipinski definition) is 6. The van der Waals surface area contributed by atoms with Gasteiger partial charge in [0.25, 0.3) is 0 Å². The predicted octanol–water partition coefficient (Wildman–Crippen LogP) is 24.6. The summed E-state index contributed by atoms with van der Waals surface area (Å²) in [7, 11) is 0. The lowest BCUT2D eigenvalue weighted by atomic mass is 10.0. The largest absolute Gasteiger partial charge is 0.462 e. The van der Waals surface area contributed by atoms with Crippen LogP contribution in [-0.2, 0) is 28.6 Å². The molecule has 0 N–H and O–H groups in total. The Hall–Kier alpha value is -3.93. The Morgan fingerprint density at radius 1 is 0.253 bits per heavy atom. The van der Waals surface area contributed by atoms with Crippen LogP contribution in [0.3, 0.4) is 0 Å². The van der Waals surface area contributed by atoms with Gasteiger partial charge in [-0.25, -0.2) is 0 Å². The standard InChI is InChI=1S/C77H132O6/c1-4-7-10-13-16-19-22-25-27-29-31-33-34-35-36-37-38-39-40-41-42-44-45-47-49-52-55-58-61-64-67-70-76(79)82-73-74(72-81-75(78)69-66-63-60-57-54-51-24-21-18-15-12-9-6-3)83-77(80)71-68-65-62-59-56-53-50-48-46-43-32-30-28-26-23-20-17-14-11-8-5-2/h7,10,12,15-16,19,21,24-25,27,30-33,35-36,38-39,74H,4-6,8-9,11,13-14,17-18,20,22-23,26,28-29,34,37,40-73H2,1-3H3/b10-7-,15-12-,19-16-,24-21-,27-25-,32-30-,33-31-,36-35-,39-38-. The number of rotatable bonds is 64. The van der Waals surface area contributed by atoms with Crippen molar-refractivity contribution < 1.29 is 28.6 Å². The highest BCUT2D eigenvalue weighted by atomic mass is 16.6. The molecule has 0 aromatic rings. The highest BCUT2D eigenvalue weighted by Crippen LogP contribution is 2.17. The van der Waals surface area contributed by atoms with Gasteiger partial charge in [0.15, 0.2) is 6.10 Å². The number of carbonyl (C=O) groups is 3. The third-order valence-corrected chi connectivity index (χ3v) is 15.2. The topological polar surface area (TPSA) is 78.9 Å². The SMILES string of the molecule is CC/C=C\C/C=C\C/C=C\C/C=C\C/C=C\C/C=C\CCCCCCCCCCCCCCC(=O)OCC(COC(=O)CCCCCCC/C=C\C/C=C\CCC)OC(=O)CCCCCCCCCCC/C=C\CCCCCCCCCC. The van der Waals surface area contributed by atoms with E-state index in [-0.39, 0.29) is 31.1 Å². The van der Waals surface area contributed by atoms with E-state index in [0.29, 0.717) is 19.3 Å². The second kappa shape index (κ2) is 70.6. The van der Waals surface area contributed by atoms with Gasteiger partial charge in [0, 0.05) is 19.3 Å². The number of ether oxygens (including phenoxy) is 3. The van der Waals surface area contributed by atoms with Crippen molar-refractivity contribution in [3.63, 3.8) is 0 Å². The van der Waals surface area contributed by atoms with Gasteiger partial charge in [-0.1, -0.05) is 310 Å². The first-order chi connectivity index (χ1) is 41.0. The molecule has 1 unspecified atom stereocenters. The summed E-state index contributed by atoms with van der Waals surface area (Å²) in [5.41, 5.74) is 0. The fourth-order valence-electron chi connectivity index (χ4n) is 9.95. The van der Waals surface area contributed by atoms with Crippen LogP contribution < -0.4 is 0 Å². The summed E-state index contributed by atoms with van der Waals surface area (Å²) in [6, 6.07) is 0. The van der Waals surface area contributed by atoms with Gasteiger partial charge in [-0.3, -0.25) is 14.4 Å². The van der Waals surface area contributed by atoms with Crippen LogP contribution >= 0.6 is 0 Å². The molecule has 0 aliphatic carbocycles. The number of carbonyl (C=O) groups excluding carboxylic acids is 3. The van der Waals surface area contributed by atoms with E-state index in [9.17, 15) is 14.4 Å². The first-order valence-electron chi connectivity index (χ1n) is 35.4. The van der Waals surface area contributed by atoms with Crippen molar-refractivity contribution in [1.82, 2.24) is 0 Å². The zero-order valence-electron chi connectivity index (χ0n) is 54.7. The molecule has 6 nitrogen and oxygen atoms in total. The van der Waals surface area contributed by atoms with Gasteiger partial charge in [-0.2, -0.15) is 0 Å². The fraction of sp³-hybridized carbons (Fsp3) is 0.727. The Kier molecular flexibility index (Phi) is 67.2. The maximum absolute atomic E-state index is 12.9. The minimum Gasteiger partial charge on any atom is -0.462 e. The van der Waals surface area contributed by atoms with E-state index >= 15 is 0 Å². The van der Waals surface area contributed by atoms with Gasteiger partial charge < -0.3 is 14.2 Å². The molecule has 0 heterocycles. The van der Waals surface area contributed by atoms with E-state index in [4.69, 9.17) is 14.2 Å². The van der Waals surface area contributed by atoms with Crippen molar-refractivity contribution in [2.75, 3.05) is 13.2 Å². The van der Waals surface area contributed by atoms with E-state index in [0.717, 1.165) is 128 Å². The van der Waals surface area contributed by atoms with E-state index in [1.807, 2.05) is 0 Å². The van der Waals surface area contributed by atoms with E-state index in [2.05, 4.69) is 130 Å². The van der Waals surface area contributed by atoms with Gasteiger partial charge in [0.05, 0.1) is 0 Å². The maximum Gasteiger partial charge on any atom is 0.306 e. The van der Waals surface area contributed by atoms with Crippen LogP contribution in [0.1, 0.15) is 342 Å². The van der Waals surface area contributed by atoms with Gasteiger partial charge in [0.2, 0.25) is 0 Å². The van der Waals surface area contributed by atoms with E-state index in [1.165, 1.54) is 173 Å². The van der Waals surface area contributed by atoms with E-state index < -0.39 is 6.10 Å². The summed E-state index contributed by atoms with van der Waals surface area (Å²) < 4.78 is 17.0. The Morgan fingerprint density at radius 3 is 0.795 bits per heavy atom. The fourth-order valence-corrected chi connectivity index (χ4v) is 9.95. The molecule has 0 saturated heterocycles. The number of esters is 3. The van der Waals surface area contributed by atoms with Crippen molar-refractivity contribution >= 4 is 17.9 Å². The van der Waals surface area contributed by atoms with Crippen LogP contribution in [0.4, 0.5) is 0 Å². The predicted molar refractivity (Wildman–Crippen MR) is 362 cm³/mol. The quantitative estimate of drug-likeness (QED) is 0.0261. The van der Waals surface area contributed by atoms with Crippen molar-refractivity contribution in [2.45, 2.75) is 348 Å². The van der Waals surface area contributed by atoms with Crippen molar-refractivity contribution in [1.29, 1.82) is 0 Å². The summed E-state index contributed by atoms with van der Waals surface area (Å²) in [6.45, 7) is 6.48. The van der Waals surface area contributed by atoms with Crippen LogP contribution in [0.5, 0.6) is 0 Å². The zero-order valence-corrected chi connectivity index (χ0v) is 54.7. The molecular formula is C77H132O6. The molecule has 0 aliphatic rings. The summed E-state index contributed by atoms with van der Waals surface area (Å²) in [4.78, 5) is 38.4. The molecule has 0 bridgehead atoms. The lowest BCUT2D eigenvalue weighted by molar-refractivity contribution is -0.167. The molecule has 0 aliphatic heterocycles. The molecule has 476 valence electrons. The first kappa shape index (κ1) is 79.1. The van der Waals surface area contributed by atoms with Gasteiger partial charge in [-0.15, -0.1) is 0 Å². The Morgan fingerprint density at radius 2 is 0.494 bits per heavy atom. The minimum atomic E-state index is -0.788. The zero-order chi connectivity index (χ0) is 59.9. The molecule has 6 heteroatoms. The lowest BCUT2D eigenvalue weighted by Crippen LogP contribution is -2.30. The summed E-state index contributed by atoms with van der Waals surface area (Å²) in [5, 5.41) is 0. The van der Waals surface area contributed by atoms with Crippen molar-refractivity contribution in [3.05, 3.63) is 109 Å². The van der Waals surface area contributed by atoms with Crippen LogP contribution in [0.25, 0.3) is 0 Å². The summed E-state index contributed by atoms with van der Waals surface area (Å²) in [6.07, 6.45) is 96.9. The molecule has 83 heavy (non-hydrogen) atoms. The highest BCUT2D eigenvalue weighted by Gasteiger charge is 2.19. The maximum atomic E-state index is 12.9. The van der Waals surface area contributed by atoms with Crippen molar-refractivity contribution in [3.8, 4) is 0 Å². The summed E-state index contributed by atoms with van der Waals surface area (Å²) in [5.74, 6) is -0.888. The highest BCUT2D eigenvalue weighted by molar-refractivity contribution is 5.71. The number of hydrogen-bond donors (Lipinski definition) is 0. The molecule has 0 aromatic heterocycles. The monoisotopic (exact) mass is 1150 g/mol. The average Bonchev–Trinajstić information content (AvgIpc) is 3.49. The number of allylic oxidation sites excluding steroid dienone is 18. The molecule has 1 atom stereocenters. The van der Waals surface area contributed by atoms with Crippen LogP contribution in [0.15, 0.2) is 109 Å². The third kappa shape index (κ3) is 68.7. The number of unbranched alkanes of at least 4 members (excludes halogenated alkanes) is 35. The van der Waals surface area contributed by atoms with Crippen molar-refractivity contribution in [2.24, 2.45) is 0 Å². The Bertz CT molecular complexity index is 1660. The smallest absolute Gasteiger partial charge is 0.306 e. The molecule has 0 aromatic carbocycles. The molecule has 0 amide bonds. The normalized spacial score (nSPS) is 12.8.